The lowest BCUT2D eigenvalue weighted by Crippen LogP contribution is -2.12. The van der Waals surface area contributed by atoms with Gasteiger partial charge in [-0.05, 0) is 42.5 Å². The van der Waals surface area contributed by atoms with E-state index in [1.807, 2.05) is 0 Å². The summed E-state index contributed by atoms with van der Waals surface area (Å²) >= 11 is 0. The summed E-state index contributed by atoms with van der Waals surface area (Å²) in [6.45, 7) is 0. The Morgan fingerprint density at radius 3 is 2.46 bits per heavy atom. The topological polar surface area (TPSA) is 64.0 Å². The molecule has 0 unspecified atom stereocenters. The molecule has 0 bridgehead atoms. The van der Waals surface area contributed by atoms with Crippen molar-refractivity contribution in [2.75, 3.05) is 5.32 Å². The van der Waals surface area contributed by atoms with E-state index in [4.69, 9.17) is 0 Å². The molecule has 0 aliphatic heterocycles. The third-order valence-electron chi connectivity index (χ3n) is 3.52. The summed E-state index contributed by atoms with van der Waals surface area (Å²) in [4.78, 5) is 28.4. The van der Waals surface area contributed by atoms with Gasteiger partial charge in [-0.25, -0.2) is 9.37 Å². The van der Waals surface area contributed by atoms with Crippen LogP contribution in [0.3, 0.4) is 0 Å². The Kier molecular flexibility index (Phi) is 4.20. The Morgan fingerprint density at radius 2 is 1.83 bits per heavy atom. The second-order valence-corrected chi connectivity index (χ2v) is 5.23. The minimum absolute atomic E-state index is 0.203. The first-order valence-electron chi connectivity index (χ1n) is 7.23. The van der Waals surface area contributed by atoms with Gasteiger partial charge in [0.25, 0.3) is 5.91 Å². The van der Waals surface area contributed by atoms with Gasteiger partial charge < -0.3 is 9.88 Å². The summed E-state index contributed by atoms with van der Waals surface area (Å²) in [6.07, 6.45) is 3.25. The Balaban J connectivity index is 1.74. The van der Waals surface area contributed by atoms with Gasteiger partial charge in [0.15, 0.2) is 5.82 Å². The zero-order valence-corrected chi connectivity index (χ0v) is 12.9. The Bertz CT molecular complexity index is 901. The number of nitrogens with one attached hydrogen (secondary N) is 1. The summed E-state index contributed by atoms with van der Waals surface area (Å²) in [5.41, 5.74) is 1.21. The molecule has 1 N–H and O–H groups in total. The smallest absolute Gasteiger partial charge is 0.255 e. The molecule has 24 heavy (non-hydrogen) atoms. The molecule has 3 aromatic rings. The predicted octanol–water partition coefficient (Wildman–Crippen LogP) is 3.04. The van der Waals surface area contributed by atoms with E-state index >= 15 is 0 Å². The van der Waals surface area contributed by atoms with Crippen LogP contribution >= 0.6 is 0 Å². The van der Waals surface area contributed by atoms with Crippen molar-refractivity contribution in [3.63, 3.8) is 0 Å². The summed E-state index contributed by atoms with van der Waals surface area (Å²) < 4.78 is 14.8. The number of hydrogen-bond acceptors (Lipinski definition) is 3. The van der Waals surface area contributed by atoms with Crippen LogP contribution in [0.2, 0.25) is 0 Å². The van der Waals surface area contributed by atoms with Crippen LogP contribution in [0.1, 0.15) is 26.5 Å². The van der Waals surface area contributed by atoms with Crippen molar-refractivity contribution < 1.29 is 14.0 Å². The van der Waals surface area contributed by atoms with E-state index in [9.17, 15) is 14.0 Å². The Morgan fingerprint density at radius 1 is 1.08 bits per heavy atom. The van der Waals surface area contributed by atoms with Gasteiger partial charge in [-0.3, -0.25) is 9.59 Å². The van der Waals surface area contributed by atoms with Gasteiger partial charge in [0.05, 0.1) is 0 Å². The maximum absolute atomic E-state index is 13.1. The van der Waals surface area contributed by atoms with Gasteiger partial charge in [-0.2, -0.15) is 0 Å². The number of halogens is 1. The number of aryl methyl sites for hydroxylation is 1. The van der Waals surface area contributed by atoms with Crippen LogP contribution in [-0.2, 0) is 7.05 Å². The monoisotopic (exact) mass is 323 g/mol. The van der Waals surface area contributed by atoms with Crippen LogP contribution in [0.4, 0.5) is 10.1 Å². The minimum Gasteiger partial charge on any atom is -0.331 e. The molecule has 0 aliphatic carbocycles. The van der Waals surface area contributed by atoms with E-state index in [0.29, 0.717) is 17.1 Å². The van der Waals surface area contributed by atoms with Gasteiger partial charge in [-0.15, -0.1) is 0 Å². The second kappa shape index (κ2) is 6.45. The number of amides is 1. The lowest BCUT2D eigenvalue weighted by Gasteiger charge is -2.07. The van der Waals surface area contributed by atoms with E-state index in [-0.39, 0.29) is 11.3 Å². The van der Waals surface area contributed by atoms with Crippen LogP contribution in [0.15, 0.2) is 60.9 Å². The normalized spacial score (nSPS) is 10.4. The van der Waals surface area contributed by atoms with E-state index in [0.717, 1.165) is 6.07 Å². The standard InChI is InChI=1S/C18H14FN3O2/c1-22-10-9-20-17(22)16(23)12-5-7-15(8-6-12)21-18(24)13-3-2-4-14(19)11-13/h2-11H,1H3,(H,21,24). The SMILES string of the molecule is Cn1ccnc1C(=O)c1ccc(NC(=O)c2cccc(F)c2)cc1. The quantitative estimate of drug-likeness (QED) is 0.751. The van der Waals surface area contributed by atoms with E-state index in [1.54, 1.807) is 48.3 Å². The fraction of sp³-hybridized carbons (Fsp3) is 0.0556. The number of rotatable bonds is 4. The van der Waals surface area contributed by atoms with Crippen molar-refractivity contribution in [1.29, 1.82) is 0 Å². The molecule has 120 valence electrons. The third kappa shape index (κ3) is 3.22. The molecule has 0 aliphatic rings. The molecule has 0 radical (unpaired) electrons. The first-order chi connectivity index (χ1) is 11.5. The number of imidazole rings is 1. The number of anilines is 1. The Labute approximate surface area is 137 Å². The molecule has 0 saturated heterocycles. The van der Waals surface area contributed by atoms with Crippen molar-refractivity contribution in [2.24, 2.45) is 7.05 Å². The average molecular weight is 323 g/mol. The van der Waals surface area contributed by atoms with Crippen LogP contribution in [0.5, 0.6) is 0 Å². The lowest BCUT2D eigenvalue weighted by atomic mass is 10.1. The van der Waals surface area contributed by atoms with Crippen molar-refractivity contribution in [2.45, 2.75) is 0 Å². The lowest BCUT2D eigenvalue weighted by molar-refractivity contribution is 0.102. The molecule has 6 heteroatoms. The summed E-state index contributed by atoms with van der Waals surface area (Å²) in [7, 11) is 1.74. The zero-order chi connectivity index (χ0) is 17.1. The molecule has 3 rings (SSSR count). The van der Waals surface area contributed by atoms with Gasteiger partial charge in [-0.1, -0.05) is 6.07 Å². The van der Waals surface area contributed by atoms with Gasteiger partial charge in [0.1, 0.15) is 5.82 Å². The highest BCUT2D eigenvalue weighted by Crippen LogP contribution is 2.14. The minimum atomic E-state index is -0.473. The highest BCUT2D eigenvalue weighted by Gasteiger charge is 2.14. The van der Waals surface area contributed by atoms with Crippen LogP contribution in [0, 0.1) is 5.82 Å². The first-order valence-corrected chi connectivity index (χ1v) is 7.23. The first kappa shape index (κ1) is 15.6. The molecule has 2 aromatic carbocycles. The maximum Gasteiger partial charge on any atom is 0.255 e. The average Bonchev–Trinajstić information content (AvgIpc) is 3.01. The number of aromatic nitrogens is 2. The van der Waals surface area contributed by atoms with E-state index in [2.05, 4.69) is 10.3 Å². The Hall–Kier alpha value is -3.28. The number of benzene rings is 2. The summed E-state index contributed by atoms with van der Waals surface area (Å²) in [5, 5.41) is 2.66. The van der Waals surface area contributed by atoms with Crippen LogP contribution < -0.4 is 5.32 Å². The van der Waals surface area contributed by atoms with Crippen molar-refractivity contribution in [1.82, 2.24) is 9.55 Å². The maximum atomic E-state index is 13.1. The molecule has 1 heterocycles. The molecule has 1 amide bonds. The zero-order valence-electron chi connectivity index (χ0n) is 12.9. The highest BCUT2D eigenvalue weighted by molar-refractivity contribution is 6.07. The van der Waals surface area contributed by atoms with Crippen molar-refractivity contribution in [3.8, 4) is 0 Å². The third-order valence-corrected chi connectivity index (χ3v) is 3.52. The molecular formula is C18H14FN3O2. The molecular weight excluding hydrogens is 309 g/mol. The van der Waals surface area contributed by atoms with Gasteiger partial charge in [0.2, 0.25) is 5.78 Å². The number of ketones is 1. The van der Waals surface area contributed by atoms with Crippen molar-refractivity contribution in [3.05, 3.63) is 83.7 Å². The molecule has 0 atom stereocenters. The van der Waals surface area contributed by atoms with Crippen molar-refractivity contribution >= 4 is 17.4 Å². The molecule has 1 aromatic heterocycles. The molecule has 5 nitrogen and oxygen atoms in total. The van der Waals surface area contributed by atoms with E-state index in [1.165, 1.54) is 18.2 Å². The van der Waals surface area contributed by atoms with Gasteiger partial charge in [0, 0.05) is 36.3 Å². The molecule has 0 saturated carbocycles. The number of nitrogens with zero attached hydrogens (tertiary/aromatic N) is 2. The van der Waals surface area contributed by atoms with E-state index < -0.39 is 11.7 Å². The molecule has 0 fully saturated rings. The predicted molar refractivity (Wildman–Crippen MR) is 87.4 cm³/mol. The van der Waals surface area contributed by atoms with Crippen LogP contribution in [-0.4, -0.2) is 21.2 Å². The second-order valence-electron chi connectivity index (χ2n) is 5.23. The number of carbonyl (C=O) groups is 2. The number of carbonyl (C=O) groups excluding carboxylic acids is 2. The summed E-state index contributed by atoms with van der Waals surface area (Å²) in [6, 6.07) is 11.9. The highest BCUT2D eigenvalue weighted by atomic mass is 19.1. The fourth-order valence-electron chi connectivity index (χ4n) is 2.25. The summed E-state index contributed by atoms with van der Waals surface area (Å²) in [5.74, 6) is -0.756. The van der Waals surface area contributed by atoms with Crippen LogP contribution in [0.25, 0.3) is 0 Å². The largest absolute Gasteiger partial charge is 0.331 e. The molecule has 0 spiro atoms. The fourth-order valence-corrected chi connectivity index (χ4v) is 2.25. The van der Waals surface area contributed by atoms with Gasteiger partial charge >= 0.3 is 0 Å². The number of hydrogen-bond donors (Lipinski definition) is 1.